The van der Waals surface area contributed by atoms with E-state index in [-0.39, 0.29) is 40.0 Å². The second kappa shape index (κ2) is 8.71. The number of rotatable bonds is 5. The van der Waals surface area contributed by atoms with Gasteiger partial charge in [-0.1, -0.05) is 18.2 Å². The van der Waals surface area contributed by atoms with Crippen LogP contribution < -0.4 is 10.2 Å². The van der Waals surface area contributed by atoms with Crippen molar-refractivity contribution < 1.29 is 23.9 Å². The highest BCUT2D eigenvalue weighted by atomic mass is 35.5. The molecule has 3 fully saturated rings. The molecule has 1 aliphatic heterocycles. The highest BCUT2D eigenvalue weighted by Crippen LogP contribution is 2.59. The van der Waals surface area contributed by atoms with E-state index in [0.29, 0.717) is 17.8 Å². The predicted octanol–water partition coefficient (Wildman–Crippen LogP) is 3.76. The molecule has 9 heteroatoms. The first kappa shape index (κ1) is 22.9. The zero-order chi connectivity index (χ0) is 24.1. The summed E-state index contributed by atoms with van der Waals surface area (Å²) in [5.74, 6) is -2.74. The second-order valence-corrected chi connectivity index (χ2v) is 10.0. The molecule has 1 saturated heterocycles. The van der Waals surface area contributed by atoms with Crippen LogP contribution in [0.1, 0.15) is 22.3 Å². The van der Waals surface area contributed by atoms with Crippen molar-refractivity contribution in [3.05, 3.63) is 59.7 Å². The smallest absolute Gasteiger partial charge is 0.338 e. The molecule has 2 bridgehead atoms. The molecule has 0 radical (unpaired) electrons. The zero-order valence-corrected chi connectivity index (χ0v) is 19.8. The molecule has 1 heterocycles. The molecule has 7 nitrogen and oxygen atoms in total. The van der Waals surface area contributed by atoms with Gasteiger partial charge < -0.3 is 10.1 Å². The maximum Gasteiger partial charge on any atom is 0.338 e. The molecule has 34 heavy (non-hydrogen) atoms. The number of ether oxygens (including phenoxy) is 1. The average molecular weight is 501 g/mol. The molecule has 176 valence electrons. The number of para-hydroxylation sites is 1. The highest BCUT2D eigenvalue weighted by molar-refractivity contribution is 6.32. The summed E-state index contributed by atoms with van der Waals surface area (Å²) in [5.41, 5.74) is 2.12. The summed E-state index contributed by atoms with van der Waals surface area (Å²) in [6.07, 6.45) is 0.700. The van der Waals surface area contributed by atoms with Gasteiger partial charge in [0.25, 0.3) is 5.91 Å². The van der Waals surface area contributed by atoms with Crippen molar-refractivity contribution in [3.8, 4) is 0 Å². The maximum absolute atomic E-state index is 13.1. The first-order chi connectivity index (χ1) is 16.3. The van der Waals surface area contributed by atoms with E-state index >= 15 is 0 Å². The van der Waals surface area contributed by atoms with Crippen LogP contribution in [0.4, 0.5) is 11.4 Å². The summed E-state index contributed by atoms with van der Waals surface area (Å²) in [7, 11) is 0. The lowest BCUT2D eigenvalue weighted by atomic mass is 9.80. The molecule has 1 N–H and O–H groups in total. The van der Waals surface area contributed by atoms with Gasteiger partial charge in [0, 0.05) is 5.69 Å². The molecule has 0 aromatic heterocycles. The Morgan fingerprint density at radius 1 is 0.971 bits per heavy atom. The predicted molar refractivity (Wildman–Crippen MR) is 127 cm³/mol. The van der Waals surface area contributed by atoms with Gasteiger partial charge in [0.05, 0.1) is 33.8 Å². The normalized spacial score (nSPS) is 29.3. The molecule has 2 aliphatic carbocycles. The summed E-state index contributed by atoms with van der Waals surface area (Å²) in [6.45, 7) is 1.42. The Labute approximate surface area is 206 Å². The number of amides is 3. The van der Waals surface area contributed by atoms with Crippen molar-refractivity contribution in [2.45, 2.75) is 24.1 Å². The first-order valence-electron chi connectivity index (χ1n) is 11.1. The summed E-state index contributed by atoms with van der Waals surface area (Å²) < 4.78 is 5.10. The molecule has 2 aromatic rings. The summed E-state index contributed by atoms with van der Waals surface area (Å²) >= 11 is 12.8. The number of nitrogens with one attached hydrogen (secondary N) is 1. The first-order valence-corrected chi connectivity index (χ1v) is 11.9. The molecule has 0 spiro atoms. The van der Waals surface area contributed by atoms with Gasteiger partial charge in [-0.25, -0.2) is 4.79 Å². The number of halogens is 2. The number of hydrogen-bond donors (Lipinski definition) is 1. The van der Waals surface area contributed by atoms with Crippen molar-refractivity contribution in [1.82, 2.24) is 0 Å². The van der Waals surface area contributed by atoms with Crippen LogP contribution >= 0.6 is 23.2 Å². The van der Waals surface area contributed by atoms with Crippen LogP contribution in [0.15, 0.2) is 48.5 Å². The Hall–Kier alpha value is -2.90. The van der Waals surface area contributed by atoms with Crippen molar-refractivity contribution in [3.63, 3.8) is 0 Å². The van der Waals surface area contributed by atoms with E-state index in [4.69, 9.17) is 27.9 Å². The summed E-state index contributed by atoms with van der Waals surface area (Å²) in [4.78, 5) is 51.8. The number of carbonyl (C=O) groups is 4. The van der Waals surface area contributed by atoms with E-state index in [1.165, 1.54) is 29.2 Å². The van der Waals surface area contributed by atoms with E-state index in [1.54, 1.807) is 12.1 Å². The van der Waals surface area contributed by atoms with Gasteiger partial charge in [-0.3, -0.25) is 19.3 Å². The minimum Gasteiger partial charge on any atom is -0.452 e. The maximum atomic E-state index is 13.1. The van der Waals surface area contributed by atoms with Gasteiger partial charge in [0.15, 0.2) is 6.61 Å². The Morgan fingerprint density at radius 3 is 2.15 bits per heavy atom. The Kier molecular flexibility index (Phi) is 5.86. The van der Waals surface area contributed by atoms with Gasteiger partial charge in [-0.15, -0.1) is 23.2 Å². The summed E-state index contributed by atoms with van der Waals surface area (Å²) in [6, 6.07) is 13.3. The van der Waals surface area contributed by atoms with Crippen LogP contribution in [0, 0.1) is 30.6 Å². The van der Waals surface area contributed by atoms with E-state index in [1.807, 2.05) is 19.1 Å². The number of carbonyl (C=O) groups excluding carboxylic acids is 4. The third-order valence-corrected chi connectivity index (χ3v) is 8.42. The standard InChI is InChI=1S/C25H22Cl2N2O5/c1-12-4-2-3-5-17(12)28-18(30)11-34-25(33)13-6-8-14(9-7-13)29-23(31)19-15-10-16(20(19)24(29)32)22(27)21(15)26/h2-9,15-16,19-22H,10-11H2,1H3,(H,28,30)/t15-,16-,19-,20-,21+,22+/m1/s1. The second-order valence-electron chi connectivity index (χ2n) is 9.00. The van der Waals surface area contributed by atoms with E-state index in [9.17, 15) is 19.2 Å². The number of nitrogens with zero attached hydrogens (tertiary/aromatic N) is 1. The number of alkyl halides is 2. The fraction of sp³-hybridized carbons (Fsp3) is 0.360. The largest absolute Gasteiger partial charge is 0.452 e. The number of fused-ring (bicyclic) bond motifs is 5. The monoisotopic (exact) mass is 500 g/mol. The van der Waals surface area contributed by atoms with Crippen LogP contribution in [0.2, 0.25) is 0 Å². The molecule has 3 amide bonds. The summed E-state index contributed by atoms with van der Waals surface area (Å²) in [5, 5.41) is 2.06. The molecular formula is C25H22Cl2N2O5. The van der Waals surface area contributed by atoms with Crippen LogP contribution in [0.25, 0.3) is 0 Å². The number of hydrogen-bond acceptors (Lipinski definition) is 5. The minimum absolute atomic E-state index is 0.0966. The number of esters is 1. The molecule has 5 rings (SSSR count). The third-order valence-electron chi connectivity index (χ3n) is 7.10. The van der Waals surface area contributed by atoms with Crippen molar-refractivity contribution in [2.24, 2.45) is 23.7 Å². The van der Waals surface area contributed by atoms with Crippen molar-refractivity contribution in [1.29, 1.82) is 0 Å². The average Bonchev–Trinajstić information content (AvgIpc) is 3.44. The van der Waals surface area contributed by atoms with Gasteiger partial charge in [-0.2, -0.15) is 0 Å². The topological polar surface area (TPSA) is 92.8 Å². The molecule has 0 unspecified atom stereocenters. The fourth-order valence-electron chi connectivity index (χ4n) is 5.46. The minimum atomic E-state index is -0.685. The molecule has 6 atom stereocenters. The molecule has 3 aliphatic rings. The number of imide groups is 1. The lowest BCUT2D eigenvalue weighted by molar-refractivity contribution is -0.123. The van der Waals surface area contributed by atoms with Crippen LogP contribution in [0.5, 0.6) is 0 Å². The SMILES string of the molecule is Cc1ccccc1NC(=O)COC(=O)c1ccc(N2C(=O)[C@@H]3[C@H]4C[C@@H]([C@H](Cl)[C@H]4Cl)[C@H]3C2=O)cc1. The van der Waals surface area contributed by atoms with Crippen molar-refractivity contribution in [2.75, 3.05) is 16.8 Å². The van der Waals surface area contributed by atoms with Crippen LogP contribution in [0.3, 0.4) is 0 Å². The molecular weight excluding hydrogens is 479 g/mol. The van der Waals surface area contributed by atoms with E-state index in [2.05, 4.69) is 5.32 Å². The quantitative estimate of drug-likeness (QED) is 0.383. The molecule has 2 saturated carbocycles. The van der Waals surface area contributed by atoms with E-state index in [0.717, 1.165) is 5.56 Å². The highest BCUT2D eigenvalue weighted by Gasteiger charge is 2.66. The van der Waals surface area contributed by atoms with Gasteiger partial charge in [-0.05, 0) is 61.1 Å². The lowest BCUT2D eigenvalue weighted by Gasteiger charge is -2.28. The van der Waals surface area contributed by atoms with Gasteiger partial charge >= 0.3 is 5.97 Å². The van der Waals surface area contributed by atoms with Gasteiger partial charge in [0.2, 0.25) is 11.8 Å². The van der Waals surface area contributed by atoms with E-state index < -0.39 is 30.3 Å². The van der Waals surface area contributed by atoms with Crippen LogP contribution in [-0.2, 0) is 19.1 Å². The number of anilines is 2. The molecule has 2 aromatic carbocycles. The number of aryl methyl sites for hydroxylation is 1. The zero-order valence-electron chi connectivity index (χ0n) is 18.2. The Balaban J connectivity index is 1.22. The fourth-order valence-corrected chi connectivity index (χ4v) is 6.36. The van der Waals surface area contributed by atoms with Crippen LogP contribution in [-0.4, -0.2) is 41.1 Å². The Bertz CT molecular complexity index is 1150. The van der Waals surface area contributed by atoms with Crippen molar-refractivity contribution >= 4 is 58.3 Å². The van der Waals surface area contributed by atoms with Gasteiger partial charge in [0.1, 0.15) is 0 Å². The third kappa shape index (κ3) is 3.67. The Morgan fingerprint density at radius 2 is 1.56 bits per heavy atom. The number of benzene rings is 2. The lowest BCUT2D eigenvalue weighted by Crippen LogP contribution is -2.37.